The lowest BCUT2D eigenvalue weighted by molar-refractivity contribution is -0.612. The number of aryl methyl sites for hydroxylation is 1. The summed E-state index contributed by atoms with van der Waals surface area (Å²) in [7, 11) is 0. The molecule has 0 N–H and O–H groups in total. The van der Waals surface area contributed by atoms with Crippen LogP contribution in [0.4, 0.5) is 13.2 Å². The van der Waals surface area contributed by atoms with E-state index in [1.54, 1.807) is 25.1 Å². The summed E-state index contributed by atoms with van der Waals surface area (Å²) in [5, 5.41) is 12.0. The second kappa shape index (κ2) is 10.0. The molecule has 0 unspecified atom stereocenters. The Bertz CT molecular complexity index is 1090. The normalized spacial score (nSPS) is 20.4. The van der Waals surface area contributed by atoms with Gasteiger partial charge >= 0.3 is 6.18 Å². The standard InChI is InChI=1S/C27H35F3N4O2/c1-19-9-12-34(36)21(3)24(19)25(35)32-13-10-26(4,11-14-32)33-17-15-31(16-18-33)20(2)22-5-7-23(8-6-22)27(28,29)30/h5-9,12,20H,10-11,13-18H2,1-4H3/t20-/m0/s1. The fourth-order valence-corrected chi connectivity index (χ4v) is 5.57. The zero-order valence-electron chi connectivity index (χ0n) is 21.4. The highest BCUT2D eigenvalue weighted by Crippen LogP contribution is 2.33. The van der Waals surface area contributed by atoms with Crippen molar-refractivity contribution in [1.82, 2.24) is 14.7 Å². The molecule has 6 nitrogen and oxygen atoms in total. The summed E-state index contributed by atoms with van der Waals surface area (Å²) in [6.45, 7) is 12.6. The number of amides is 1. The van der Waals surface area contributed by atoms with Crippen LogP contribution in [0.15, 0.2) is 36.5 Å². The van der Waals surface area contributed by atoms with E-state index in [0.717, 1.165) is 67.0 Å². The first kappa shape index (κ1) is 26.4. The fourth-order valence-electron chi connectivity index (χ4n) is 5.57. The quantitative estimate of drug-likeness (QED) is 0.460. The maximum absolute atomic E-state index is 13.2. The molecule has 1 amide bonds. The van der Waals surface area contributed by atoms with Gasteiger partial charge in [-0.25, -0.2) is 0 Å². The molecule has 0 bridgehead atoms. The monoisotopic (exact) mass is 504 g/mol. The molecule has 1 atom stereocenters. The zero-order chi connectivity index (χ0) is 26.3. The van der Waals surface area contributed by atoms with E-state index in [1.165, 1.54) is 6.20 Å². The maximum Gasteiger partial charge on any atom is 0.416 e. The first-order chi connectivity index (χ1) is 16.9. The van der Waals surface area contributed by atoms with E-state index in [0.29, 0.717) is 24.3 Å². The number of benzene rings is 1. The van der Waals surface area contributed by atoms with Gasteiger partial charge in [0.15, 0.2) is 6.20 Å². The van der Waals surface area contributed by atoms with Gasteiger partial charge in [0, 0.05) is 63.8 Å². The summed E-state index contributed by atoms with van der Waals surface area (Å²) >= 11 is 0. The van der Waals surface area contributed by atoms with E-state index in [1.807, 2.05) is 18.7 Å². The largest absolute Gasteiger partial charge is 0.618 e. The van der Waals surface area contributed by atoms with Gasteiger partial charge in [-0.15, -0.1) is 0 Å². The van der Waals surface area contributed by atoms with Gasteiger partial charge in [-0.3, -0.25) is 14.6 Å². The van der Waals surface area contributed by atoms with Crippen LogP contribution in [0, 0.1) is 19.1 Å². The van der Waals surface area contributed by atoms with Crippen LogP contribution in [0.3, 0.4) is 0 Å². The molecular formula is C27H35F3N4O2. The Labute approximate surface area is 210 Å². The van der Waals surface area contributed by atoms with E-state index in [4.69, 9.17) is 0 Å². The molecule has 2 aliphatic rings. The molecular weight excluding hydrogens is 469 g/mol. The highest BCUT2D eigenvalue weighted by atomic mass is 19.4. The molecule has 1 aromatic heterocycles. The average Bonchev–Trinajstić information content (AvgIpc) is 2.86. The number of carbonyl (C=O) groups excluding carboxylic acids is 1. The Balaban J connectivity index is 1.33. The summed E-state index contributed by atoms with van der Waals surface area (Å²) in [5.41, 5.74) is 2.01. The van der Waals surface area contributed by atoms with Gasteiger partial charge in [-0.1, -0.05) is 12.1 Å². The molecule has 36 heavy (non-hydrogen) atoms. The van der Waals surface area contributed by atoms with Crippen LogP contribution in [0.25, 0.3) is 0 Å². The number of aromatic nitrogens is 1. The van der Waals surface area contributed by atoms with E-state index < -0.39 is 11.7 Å². The van der Waals surface area contributed by atoms with Crippen molar-refractivity contribution in [2.45, 2.75) is 58.3 Å². The molecule has 0 saturated carbocycles. The lowest BCUT2D eigenvalue weighted by atomic mass is 9.86. The number of rotatable bonds is 4. The topological polar surface area (TPSA) is 53.7 Å². The van der Waals surface area contributed by atoms with Gasteiger partial charge in [-0.2, -0.15) is 17.9 Å². The van der Waals surface area contributed by atoms with Crippen molar-refractivity contribution in [2.75, 3.05) is 39.3 Å². The van der Waals surface area contributed by atoms with Crippen LogP contribution >= 0.6 is 0 Å². The SMILES string of the molecule is Cc1cc[n+]([O-])c(C)c1C(=O)N1CCC(C)(N2CCN([C@@H](C)c3ccc(C(F)(F)F)cc3)CC2)CC1. The third kappa shape index (κ3) is 5.22. The highest BCUT2D eigenvalue weighted by Gasteiger charge is 2.39. The van der Waals surface area contributed by atoms with Gasteiger partial charge < -0.3 is 10.1 Å². The number of alkyl halides is 3. The highest BCUT2D eigenvalue weighted by molar-refractivity contribution is 5.96. The van der Waals surface area contributed by atoms with Crippen molar-refractivity contribution in [3.63, 3.8) is 0 Å². The van der Waals surface area contributed by atoms with Crippen molar-refractivity contribution in [3.05, 3.63) is 69.7 Å². The molecule has 2 aromatic rings. The number of hydrogen-bond acceptors (Lipinski definition) is 4. The first-order valence-electron chi connectivity index (χ1n) is 12.6. The molecule has 2 saturated heterocycles. The average molecular weight is 505 g/mol. The number of nitrogens with zero attached hydrogens (tertiary/aromatic N) is 4. The van der Waals surface area contributed by atoms with Crippen LogP contribution in [-0.2, 0) is 6.18 Å². The van der Waals surface area contributed by atoms with Gasteiger partial charge in [0.25, 0.3) is 5.91 Å². The first-order valence-corrected chi connectivity index (χ1v) is 12.6. The molecule has 3 heterocycles. The third-order valence-corrected chi connectivity index (χ3v) is 8.23. The lowest BCUT2D eigenvalue weighted by Gasteiger charge is -2.50. The molecule has 9 heteroatoms. The lowest BCUT2D eigenvalue weighted by Crippen LogP contribution is -2.60. The number of hydrogen-bond donors (Lipinski definition) is 0. The Morgan fingerprint density at radius 2 is 1.58 bits per heavy atom. The predicted molar refractivity (Wildman–Crippen MR) is 131 cm³/mol. The van der Waals surface area contributed by atoms with Crippen molar-refractivity contribution in [1.29, 1.82) is 0 Å². The minimum Gasteiger partial charge on any atom is -0.618 e. The number of carbonyl (C=O) groups is 1. The van der Waals surface area contributed by atoms with Crippen LogP contribution in [0.5, 0.6) is 0 Å². The predicted octanol–water partition coefficient (Wildman–Crippen LogP) is 4.33. The summed E-state index contributed by atoms with van der Waals surface area (Å²) < 4.78 is 39.4. The summed E-state index contributed by atoms with van der Waals surface area (Å²) in [5.74, 6) is -0.0764. The van der Waals surface area contributed by atoms with Gasteiger partial charge in [0.1, 0.15) is 5.56 Å². The van der Waals surface area contributed by atoms with E-state index in [-0.39, 0.29) is 17.5 Å². The van der Waals surface area contributed by atoms with Crippen molar-refractivity contribution >= 4 is 5.91 Å². The number of halogens is 3. The smallest absolute Gasteiger partial charge is 0.416 e. The number of pyridine rings is 1. The molecule has 2 fully saturated rings. The van der Waals surface area contributed by atoms with Crippen molar-refractivity contribution in [2.24, 2.45) is 0 Å². The van der Waals surface area contributed by atoms with Crippen molar-refractivity contribution < 1.29 is 22.7 Å². The Morgan fingerprint density at radius 3 is 2.14 bits per heavy atom. The Kier molecular flexibility index (Phi) is 7.35. The summed E-state index contributed by atoms with van der Waals surface area (Å²) in [4.78, 5) is 19.9. The second-order valence-corrected chi connectivity index (χ2v) is 10.4. The molecule has 0 spiro atoms. The molecule has 196 valence electrons. The molecule has 2 aliphatic heterocycles. The number of piperazine rings is 1. The van der Waals surface area contributed by atoms with Crippen LogP contribution in [0.1, 0.15) is 65.5 Å². The van der Waals surface area contributed by atoms with E-state index >= 15 is 0 Å². The molecule has 0 aliphatic carbocycles. The number of piperidine rings is 1. The van der Waals surface area contributed by atoms with Gasteiger partial charge in [0.2, 0.25) is 5.69 Å². The Morgan fingerprint density at radius 1 is 1.00 bits per heavy atom. The number of likely N-dealkylation sites (tertiary alicyclic amines) is 1. The van der Waals surface area contributed by atoms with Crippen LogP contribution in [0.2, 0.25) is 0 Å². The van der Waals surface area contributed by atoms with E-state index in [9.17, 15) is 23.2 Å². The maximum atomic E-state index is 13.2. The summed E-state index contributed by atoms with van der Waals surface area (Å²) in [6.07, 6.45) is -1.17. The third-order valence-electron chi connectivity index (χ3n) is 8.23. The Hall–Kier alpha value is -2.65. The summed E-state index contributed by atoms with van der Waals surface area (Å²) in [6, 6.07) is 7.21. The van der Waals surface area contributed by atoms with Gasteiger partial charge in [-0.05, 0) is 56.9 Å². The second-order valence-electron chi connectivity index (χ2n) is 10.4. The molecule has 4 rings (SSSR count). The minimum atomic E-state index is -4.32. The van der Waals surface area contributed by atoms with Crippen LogP contribution < -0.4 is 4.73 Å². The minimum absolute atomic E-state index is 0.0142. The van der Waals surface area contributed by atoms with Crippen LogP contribution in [-0.4, -0.2) is 65.4 Å². The van der Waals surface area contributed by atoms with Gasteiger partial charge in [0.05, 0.1) is 5.56 Å². The van der Waals surface area contributed by atoms with E-state index in [2.05, 4.69) is 16.7 Å². The fraction of sp³-hybridized carbons (Fsp3) is 0.556. The zero-order valence-corrected chi connectivity index (χ0v) is 21.4. The van der Waals surface area contributed by atoms with Crippen molar-refractivity contribution in [3.8, 4) is 0 Å². The molecule has 1 aromatic carbocycles. The molecule has 0 radical (unpaired) electrons.